The number of hydrogen-bond acceptors (Lipinski definition) is 8. The highest BCUT2D eigenvalue weighted by molar-refractivity contribution is 5.84. The summed E-state index contributed by atoms with van der Waals surface area (Å²) in [6.45, 7) is 5.64. The lowest BCUT2D eigenvalue weighted by Gasteiger charge is -2.36. The number of nitrogens with one attached hydrogen (secondary N) is 2. The molecular formula is C27H30N8O2. The zero-order valence-corrected chi connectivity index (χ0v) is 21.0. The SMILES string of the molecule is COCCN1CCN(c2ccc(Nc3nc(-c4ccc5cn[nH]c5c4)cn4ccnc34)cc2OC)CC1. The van der Waals surface area contributed by atoms with Crippen molar-refractivity contribution in [2.24, 2.45) is 0 Å². The number of fused-ring (bicyclic) bond motifs is 2. The Balaban J connectivity index is 1.26. The number of methoxy groups -OCH3 is 2. The molecule has 0 saturated carbocycles. The van der Waals surface area contributed by atoms with E-state index in [0.717, 1.165) is 84.3 Å². The maximum absolute atomic E-state index is 5.80. The maximum Gasteiger partial charge on any atom is 0.180 e. The Morgan fingerprint density at radius 1 is 1.05 bits per heavy atom. The minimum Gasteiger partial charge on any atom is -0.495 e. The van der Waals surface area contributed by atoms with E-state index in [1.165, 1.54) is 0 Å². The summed E-state index contributed by atoms with van der Waals surface area (Å²) in [7, 11) is 3.47. The van der Waals surface area contributed by atoms with Gasteiger partial charge in [-0.05, 0) is 18.2 Å². The van der Waals surface area contributed by atoms with Gasteiger partial charge in [0.2, 0.25) is 0 Å². The number of ether oxygens (including phenoxy) is 2. The average molecular weight is 499 g/mol. The largest absolute Gasteiger partial charge is 0.495 e. The van der Waals surface area contributed by atoms with Crippen molar-refractivity contribution in [3.63, 3.8) is 0 Å². The molecule has 0 atom stereocenters. The van der Waals surface area contributed by atoms with Gasteiger partial charge in [0.05, 0.1) is 36.8 Å². The van der Waals surface area contributed by atoms with Gasteiger partial charge in [-0.3, -0.25) is 10.00 Å². The van der Waals surface area contributed by atoms with Gasteiger partial charge in [-0.2, -0.15) is 5.10 Å². The van der Waals surface area contributed by atoms with Crippen LogP contribution in [0.2, 0.25) is 0 Å². The molecule has 0 aliphatic carbocycles. The molecule has 2 aromatic carbocycles. The predicted octanol–water partition coefficient (Wildman–Crippen LogP) is 3.79. The van der Waals surface area contributed by atoms with E-state index in [9.17, 15) is 0 Å². The predicted molar refractivity (Wildman–Crippen MR) is 145 cm³/mol. The summed E-state index contributed by atoms with van der Waals surface area (Å²) in [5.41, 5.74) is 5.53. The number of nitrogens with zero attached hydrogens (tertiary/aromatic N) is 6. The van der Waals surface area contributed by atoms with Crippen molar-refractivity contribution in [3.8, 4) is 17.0 Å². The first-order valence-electron chi connectivity index (χ1n) is 12.4. The molecule has 190 valence electrons. The van der Waals surface area contributed by atoms with Crippen molar-refractivity contribution in [2.45, 2.75) is 0 Å². The molecule has 10 nitrogen and oxygen atoms in total. The summed E-state index contributed by atoms with van der Waals surface area (Å²) in [6.07, 6.45) is 7.51. The number of aromatic nitrogens is 5. The van der Waals surface area contributed by atoms with E-state index in [1.54, 1.807) is 20.4 Å². The first-order valence-corrected chi connectivity index (χ1v) is 12.4. The Hall–Kier alpha value is -4.15. The number of piperazine rings is 1. The fourth-order valence-electron chi connectivity index (χ4n) is 4.84. The van der Waals surface area contributed by atoms with E-state index in [1.807, 2.05) is 35.1 Å². The van der Waals surface area contributed by atoms with Crippen LogP contribution in [0.25, 0.3) is 27.8 Å². The summed E-state index contributed by atoms with van der Waals surface area (Å²) < 4.78 is 13.0. The van der Waals surface area contributed by atoms with E-state index in [0.29, 0.717) is 5.82 Å². The fraction of sp³-hybridized carbons (Fsp3) is 0.296. The first-order chi connectivity index (χ1) is 18.2. The number of anilines is 3. The Bertz CT molecular complexity index is 1520. The van der Waals surface area contributed by atoms with Crippen LogP contribution in [0.1, 0.15) is 0 Å². The lowest BCUT2D eigenvalue weighted by molar-refractivity contribution is 0.144. The minimum absolute atomic E-state index is 0.675. The fourth-order valence-corrected chi connectivity index (χ4v) is 4.84. The molecule has 10 heteroatoms. The van der Waals surface area contributed by atoms with Crippen molar-refractivity contribution in [2.75, 3.05) is 63.8 Å². The normalized spacial score (nSPS) is 14.5. The van der Waals surface area contributed by atoms with Crippen molar-refractivity contribution >= 4 is 33.7 Å². The summed E-state index contributed by atoms with van der Waals surface area (Å²) in [5.74, 6) is 1.50. The molecule has 1 aliphatic rings. The Kier molecular flexibility index (Phi) is 6.33. The zero-order valence-electron chi connectivity index (χ0n) is 21.0. The van der Waals surface area contributed by atoms with Crippen LogP contribution in [-0.2, 0) is 4.74 Å². The second-order valence-corrected chi connectivity index (χ2v) is 9.14. The van der Waals surface area contributed by atoms with Crippen LogP contribution in [0.4, 0.5) is 17.2 Å². The zero-order chi connectivity index (χ0) is 25.2. The molecule has 1 aliphatic heterocycles. The van der Waals surface area contributed by atoms with Gasteiger partial charge in [0, 0.05) is 81.1 Å². The molecule has 0 spiro atoms. The summed E-state index contributed by atoms with van der Waals surface area (Å²) >= 11 is 0. The molecule has 3 aromatic heterocycles. The first kappa shape index (κ1) is 23.3. The molecule has 0 amide bonds. The van der Waals surface area contributed by atoms with Gasteiger partial charge in [-0.1, -0.05) is 12.1 Å². The third kappa shape index (κ3) is 4.68. The Morgan fingerprint density at radius 3 is 2.78 bits per heavy atom. The topological polar surface area (TPSA) is 95.8 Å². The van der Waals surface area contributed by atoms with Crippen molar-refractivity contribution < 1.29 is 9.47 Å². The van der Waals surface area contributed by atoms with Crippen LogP contribution in [0.3, 0.4) is 0 Å². The monoisotopic (exact) mass is 498 g/mol. The number of H-pyrrole nitrogens is 1. The standard InChI is InChI=1S/C27H30N8O2/c1-36-14-13-33-9-11-34(12-10-33)24-6-5-21(16-25(24)37-2)30-26-27-28-7-8-35(27)18-23(31-26)19-3-4-20-17-29-32-22(20)15-19/h3-8,15-18H,9-14H2,1-2H3,(H,29,32)(H,30,31). The molecule has 0 unspecified atom stereocenters. The lowest BCUT2D eigenvalue weighted by Crippen LogP contribution is -2.47. The van der Waals surface area contributed by atoms with Gasteiger partial charge in [0.25, 0.3) is 0 Å². The third-order valence-electron chi connectivity index (χ3n) is 6.88. The maximum atomic E-state index is 5.80. The van der Waals surface area contributed by atoms with Crippen molar-refractivity contribution in [1.29, 1.82) is 0 Å². The van der Waals surface area contributed by atoms with Gasteiger partial charge >= 0.3 is 0 Å². The third-order valence-corrected chi connectivity index (χ3v) is 6.88. The van der Waals surface area contributed by atoms with Crippen molar-refractivity contribution in [1.82, 2.24) is 29.5 Å². The molecule has 2 N–H and O–H groups in total. The van der Waals surface area contributed by atoms with Crippen molar-refractivity contribution in [3.05, 3.63) is 61.2 Å². The van der Waals surface area contributed by atoms with Crippen LogP contribution in [0.5, 0.6) is 5.75 Å². The Labute approximate surface area is 214 Å². The number of imidazole rings is 1. The number of hydrogen-bond donors (Lipinski definition) is 2. The minimum atomic E-state index is 0.675. The molecule has 1 fully saturated rings. The van der Waals surface area contributed by atoms with Gasteiger partial charge in [-0.15, -0.1) is 0 Å². The number of benzene rings is 2. The molecular weight excluding hydrogens is 468 g/mol. The van der Waals surface area contributed by atoms with E-state index in [4.69, 9.17) is 14.5 Å². The van der Waals surface area contributed by atoms with Gasteiger partial charge in [0.1, 0.15) is 5.75 Å². The lowest BCUT2D eigenvalue weighted by atomic mass is 10.1. The molecule has 0 radical (unpaired) electrons. The van der Waals surface area contributed by atoms with E-state index in [2.05, 4.69) is 54.6 Å². The summed E-state index contributed by atoms with van der Waals surface area (Å²) in [5, 5.41) is 11.7. The quantitative estimate of drug-likeness (QED) is 0.334. The second-order valence-electron chi connectivity index (χ2n) is 9.14. The highest BCUT2D eigenvalue weighted by Crippen LogP contribution is 2.34. The summed E-state index contributed by atoms with van der Waals surface area (Å²) in [6, 6.07) is 12.4. The molecule has 1 saturated heterocycles. The summed E-state index contributed by atoms with van der Waals surface area (Å²) in [4.78, 5) is 14.3. The molecule has 6 rings (SSSR count). The highest BCUT2D eigenvalue weighted by atomic mass is 16.5. The van der Waals surface area contributed by atoms with Crippen LogP contribution in [0.15, 0.2) is 61.2 Å². The Morgan fingerprint density at radius 2 is 1.95 bits per heavy atom. The van der Waals surface area contributed by atoms with Crippen LogP contribution >= 0.6 is 0 Å². The van der Waals surface area contributed by atoms with Gasteiger partial charge in [0.15, 0.2) is 11.5 Å². The number of rotatable bonds is 8. The smallest absolute Gasteiger partial charge is 0.180 e. The molecule has 5 aromatic rings. The number of aromatic amines is 1. The van der Waals surface area contributed by atoms with Crippen LogP contribution in [0, 0.1) is 0 Å². The molecule has 37 heavy (non-hydrogen) atoms. The van der Waals surface area contributed by atoms with E-state index < -0.39 is 0 Å². The highest BCUT2D eigenvalue weighted by Gasteiger charge is 2.20. The second kappa shape index (κ2) is 10.1. The van der Waals surface area contributed by atoms with Gasteiger partial charge < -0.3 is 24.1 Å². The van der Waals surface area contributed by atoms with Gasteiger partial charge in [-0.25, -0.2) is 9.97 Å². The molecule has 4 heterocycles. The van der Waals surface area contributed by atoms with E-state index in [-0.39, 0.29) is 0 Å². The molecule has 0 bridgehead atoms. The van der Waals surface area contributed by atoms with E-state index >= 15 is 0 Å². The average Bonchev–Trinajstić information content (AvgIpc) is 3.61. The van der Waals surface area contributed by atoms with Crippen LogP contribution in [-0.4, -0.2) is 83.0 Å². The van der Waals surface area contributed by atoms with Crippen LogP contribution < -0.4 is 15.0 Å².